The van der Waals surface area contributed by atoms with E-state index in [1.165, 1.54) is 0 Å². The summed E-state index contributed by atoms with van der Waals surface area (Å²) in [4.78, 5) is 13.7. The normalized spacial score (nSPS) is 11.5. The number of ether oxygens (including phenoxy) is 1. The molecule has 4 heteroatoms. The molecular weight excluding hydrogens is 240 g/mol. The van der Waals surface area contributed by atoms with Crippen LogP contribution in [-0.2, 0) is 10.2 Å². The number of amides is 1. The summed E-state index contributed by atoms with van der Waals surface area (Å²) < 4.78 is 5.29. The number of hydrogen-bond acceptors (Lipinski definition) is 3. The zero-order valence-electron chi connectivity index (χ0n) is 12.7. The third kappa shape index (κ3) is 4.56. The predicted molar refractivity (Wildman–Crippen MR) is 78.9 cm³/mol. The van der Waals surface area contributed by atoms with Crippen LogP contribution in [0.25, 0.3) is 0 Å². The Hall–Kier alpha value is -1.55. The fourth-order valence-electron chi connectivity index (χ4n) is 1.75. The van der Waals surface area contributed by atoms with Crippen molar-refractivity contribution >= 4 is 11.6 Å². The molecule has 0 aromatic heterocycles. The van der Waals surface area contributed by atoms with Gasteiger partial charge in [-0.2, -0.15) is 0 Å². The maximum atomic E-state index is 11.8. The van der Waals surface area contributed by atoms with Crippen LogP contribution < -0.4 is 10.1 Å². The second kappa shape index (κ2) is 6.06. The third-order valence-electron chi connectivity index (χ3n) is 2.80. The molecule has 0 bridgehead atoms. The lowest BCUT2D eigenvalue weighted by molar-refractivity contribution is -0.116. The van der Waals surface area contributed by atoms with E-state index in [9.17, 15) is 4.79 Å². The van der Waals surface area contributed by atoms with Gasteiger partial charge in [0.05, 0.1) is 19.3 Å². The lowest BCUT2D eigenvalue weighted by atomic mass is 9.87. The first-order chi connectivity index (χ1) is 8.74. The fraction of sp³-hybridized carbons (Fsp3) is 0.533. The Balaban J connectivity index is 3.00. The summed E-state index contributed by atoms with van der Waals surface area (Å²) in [5, 5.41) is 2.90. The molecule has 0 heterocycles. The van der Waals surface area contributed by atoms with Crippen LogP contribution in [0.4, 0.5) is 5.69 Å². The van der Waals surface area contributed by atoms with Gasteiger partial charge in [0.1, 0.15) is 5.75 Å². The summed E-state index contributed by atoms with van der Waals surface area (Å²) >= 11 is 0. The van der Waals surface area contributed by atoms with E-state index in [4.69, 9.17) is 4.74 Å². The Labute approximate surface area is 115 Å². The standard InChI is InChI=1S/C15H24N2O2/c1-15(2,3)11-7-8-13(19-6)12(9-11)16-14(18)10-17(4)5/h7-9H,10H2,1-6H3,(H,16,18). The first-order valence-electron chi connectivity index (χ1n) is 6.37. The minimum Gasteiger partial charge on any atom is -0.495 e. The van der Waals surface area contributed by atoms with Gasteiger partial charge in [-0.15, -0.1) is 0 Å². The number of carbonyl (C=O) groups is 1. The number of anilines is 1. The molecule has 0 atom stereocenters. The molecular formula is C15H24N2O2. The SMILES string of the molecule is COc1ccc(C(C)(C)C)cc1NC(=O)CN(C)C. The van der Waals surface area contributed by atoms with Crippen molar-refractivity contribution in [2.24, 2.45) is 0 Å². The molecule has 0 saturated heterocycles. The number of likely N-dealkylation sites (N-methyl/N-ethyl adjacent to an activating group) is 1. The van der Waals surface area contributed by atoms with Gasteiger partial charge in [-0.05, 0) is 37.2 Å². The van der Waals surface area contributed by atoms with Gasteiger partial charge < -0.3 is 15.0 Å². The smallest absolute Gasteiger partial charge is 0.238 e. The third-order valence-corrected chi connectivity index (χ3v) is 2.80. The van der Waals surface area contributed by atoms with Crippen LogP contribution >= 0.6 is 0 Å². The van der Waals surface area contributed by atoms with Crippen LogP contribution in [0.1, 0.15) is 26.3 Å². The van der Waals surface area contributed by atoms with E-state index >= 15 is 0 Å². The van der Waals surface area contributed by atoms with Gasteiger partial charge in [-0.25, -0.2) is 0 Å². The number of nitrogens with zero attached hydrogens (tertiary/aromatic N) is 1. The molecule has 0 aliphatic rings. The van der Waals surface area contributed by atoms with Crippen LogP contribution in [0, 0.1) is 0 Å². The second-order valence-corrected chi connectivity index (χ2v) is 5.95. The Morgan fingerprint density at radius 3 is 2.42 bits per heavy atom. The van der Waals surface area contributed by atoms with Gasteiger partial charge in [0.15, 0.2) is 0 Å². The Kier molecular flexibility index (Phi) is 4.95. The van der Waals surface area contributed by atoms with Crippen molar-refractivity contribution in [2.75, 3.05) is 33.1 Å². The van der Waals surface area contributed by atoms with E-state index in [1.807, 2.05) is 37.2 Å². The molecule has 4 nitrogen and oxygen atoms in total. The zero-order chi connectivity index (χ0) is 14.6. The lowest BCUT2D eigenvalue weighted by Gasteiger charge is -2.21. The Morgan fingerprint density at radius 2 is 1.95 bits per heavy atom. The summed E-state index contributed by atoms with van der Waals surface area (Å²) in [5.74, 6) is 0.634. The van der Waals surface area contributed by atoms with Crippen molar-refractivity contribution in [1.82, 2.24) is 4.90 Å². The summed E-state index contributed by atoms with van der Waals surface area (Å²) in [5.41, 5.74) is 1.92. The predicted octanol–water partition coefficient (Wildman–Crippen LogP) is 2.49. The highest BCUT2D eigenvalue weighted by atomic mass is 16.5. The van der Waals surface area contributed by atoms with E-state index in [0.717, 1.165) is 11.3 Å². The molecule has 1 amide bonds. The van der Waals surface area contributed by atoms with Crippen molar-refractivity contribution < 1.29 is 9.53 Å². The molecule has 0 aliphatic carbocycles. The van der Waals surface area contributed by atoms with Gasteiger partial charge in [-0.1, -0.05) is 26.8 Å². The number of rotatable bonds is 4. The number of benzene rings is 1. The molecule has 1 aromatic rings. The number of carbonyl (C=O) groups excluding carboxylic acids is 1. The molecule has 0 saturated carbocycles. The topological polar surface area (TPSA) is 41.6 Å². The maximum absolute atomic E-state index is 11.8. The largest absolute Gasteiger partial charge is 0.495 e. The Morgan fingerprint density at radius 1 is 1.32 bits per heavy atom. The average molecular weight is 264 g/mol. The molecule has 1 N–H and O–H groups in total. The summed E-state index contributed by atoms with van der Waals surface area (Å²) in [7, 11) is 5.33. The van der Waals surface area contributed by atoms with E-state index in [2.05, 4.69) is 26.1 Å². The first kappa shape index (κ1) is 15.5. The minimum absolute atomic E-state index is 0.0350. The molecule has 0 radical (unpaired) electrons. The molecule has 0 fully saturated rings. The second-order valence-electron chi connectivity index (χ2n) is 5.95. The Bertz CT molecular complexity index is 448. The quantitative estimate of drug-likeness (QED) is 0.908. The maximum Gasteiger partial charge on any atom is 0.238 e. The van der Waals surface area contributed by atoms with Crippen LogP contribution in [0.3, 0.4) is 0 Å². The van der Waals surface area contributed by atoms with Crippen LogP contribution in [0.5, 0.6) is 5.75 Å². The van der Waals surface area contributed by atoms with Gasteiger partial charge >= 0.3 is 0 Å². The zero-order valence-corrected chi connectivity index (χ0v) is 12.7. The summed E-state index contributed by atoms with van der Waals surface area (Å²) in [6, 6.07) is 5.90. The van der Waals surface area contributed by atoms with Gasteiger partial charge in [0, 0.05) is 0 Å². The fourth-order valence-corrected chi connectivity index (χ4v) is 1.75. The monoisotopic (exact) mass is 264 g/mol. The highest BCUT2D eigenvalue weighted by Gasteiger charge is 2.17. The van der Waals surface area contributed by atoms with Crippen molar-refractivity contribution in [3.63, 3.8) is 0 Å². The van der Waals surface area contributed by atoms with Crippen molar-refractivity contribution in [1.29, 1.82) is 0 Å². The van der Waals surface area contributed by atoms with Crippen LogP contribution in [0.2, 0.25) is 0 Å². The number of hydrogen-bond donors (Lipinski definition) is 1. The molecule has 0 unspecified atom stereocenters. The number of methoxy groups -OCH3 is 1. The van der Waals surface area contributed by atoms with Crippen LogP contribution in [0.15, 0.2) is 18.2 Å². The van der Waals surface area contributed by atoms with E-state index in [1.54, 1.807) is 7.11 Å². The lowest BCUT2D eigenvalue weighted by Crippen LogP contribution is -2.27. The van der Waals surface area contributed by atoms with Crippen molar-refractivity contribution in [3.05, 3.63) is 23.8 Å². The molecule has 1 aromatic carbocycles. The van der Waals surface area contributed by atoms with Crippen molar-refractivity contribution in [2.45, 2.75) is 26.2 Å². The summed E-state index contributed by atoms with van der Waals surface area (Å²) in [6.07, 6.45) is 0. The number of nitrogens with one attached hydrogen (secondary N) is 1. The van der Waals surface area contributed by atoms with Gasteiger partial charge in [0.25, 0.3) is 0 Å². The summed E-state index contributed by atoms with van der Waals surface area (Å²) in [6.45, 7) is 6.77. The molecule has 0 aliphatic heterocycles. The molecule has 106 valence electrons. The van der Waals surface area contributed by atoms with Gasteiger partial charge in [-0.3, -0.25) is 4.79 Å². The van der Waals surface area contributed by atoms with E-state index in [0.29, 0.717) is 12.3 Å². The van der Waals surface area contributed by atoms with Crippen molar-refractivity contribution in [3.8, 4) is 5.75 Å². The highest BCUT2D eigenvalue weighted by Crippen LogP contribution is 2.31. The van der Waals surface area contributed by atoms with Crippen LogP contribution in [-0.4, -0.2) is 38.6 Å². The molecule has 0 spiro atoms. The first-order valence-corrected chi connectivity index (χ1v) is 6.37. The molecule has 19 heavy (non-hydrogen) atoms. The van der Waals surface area contributed by atoms with Gasteiger partial charge in [0.2, 0.25) is 5.91 Å². The molecule has 1 rings (SSSR count). The minimum atomic E-state index is -0.0469. The average Bonchev–Trinajstić information content (AvgIpc) is 2.26. The van der Waals surface area contributed by atoms with E-state index < -0.39 is 0 Å². The highest BCUT2D eigenvalue weighted by molar-refractivity contribution is 5.93. The van der Waals surface area contributed by atoms with E-state index in [-0.39, 0.29) is 11.3 Å².